The summed E-state index contributed by atoms with van der Waals surface area (Å²) in [6.45, 7) is 10.5. The molecule has 31 heavy (non-hydrogen) atoms. The number of unbranched alkanes of at least 4 members (excludes halogenated alkanes) is 1. The Kier molecular flexibility index (Phi) is 8.90. The van der Waals surface area contributed by atoms with Gasteiger partial charge in [-0.25, -0.2) is 14.4 Å². The number of anilines is 1. The second-order valence-electron chi connectivity index (χ2n) is 7.85. The lowest BCUT2D eigenvalue weighted by atomic mass is 9.94. The largest absolute Gasteiger partial charge is 0.459 e. The number of amides is 4. The van der Waals surface area contributed by atoms with E-state index in [-0.39, 0.29) is 18.2 Å². The van der Waals surface area contributed by atoms with Crippen molar-refractivity contribution in [1.29, 1.82) is 0 Å². The molecular formula is C23H34N4O4. The molecule has 1 atom stereocenters. The fraction of sp³-hybridized carbons (Fsp3) is 0.522. The van der Waals surface area contributed by atoms with Gasteiger partial charge in [0.05, 0.1) is 17.7 Å². The molecule has 170 valence electrons. The van der Waals surface area contributed by atoms with Gasteiger partial charge in [0, 0.05) is 24.5 Å². The van der Waals surface area contributed by atoms with Crippen molar-refractivity contribution in [2.75, 3.05) is 18.4 Å². The Morgan fingerprint density at radius 2 is 1.97 bits per heavy atom. The van der Waals surface area contributed by atoms with Crippen LogP contribution in [0.2, 0.25) is 0 Å². The highest BCUT2D eigenvalue weighted by molar-refractivity contribution is 5.95. The topological polar surface area (TPSA) is 99.8 Å². The maximum Gasteiger partial charge on any atom is 0.338 e. The van der Waals surface area contributed by atoms with E-state index in [0.717, 1.165) is 19.3 Å². The van der Waals surface area contributed by atoms with Gasteiger partial charge < -0.3 is 20.7 Å². The van der Waals surface area contributed by atoms with Crippen LogP contribution >= 0.6 is 0 Å². The van der Waals surface area contributed by atoms with Crippen LogP contribution in [0.1, 0.15) is 65.5 Å². The summed E-state index contributed by atoms with van der Waals surface area (Å²) in [6, 6.07) is 5.89. The lowest BCUT2D eigenvalue weighted by Crippen LogP contribution is -2.48. The third-order valence-electron chi connectivity index (χ3n) is 4.90. The molecule has 0 fully saturated rings. The number of urea groups is 2. The molecule has 8 heteroatoms. The van der Waals surface area contributed by atoms with E-state index >= 15 is 0 Å². The molecule has 1 unspecified atom stereocenters. The van der Waals surface area contributed by atoms with Crippen molar-refractivity contribution in [3.63, 3.8) is 0 Å². The Labute approximate surface area is 184 Å². The summed E-state index contributed by atoms with van der Waals surface area (Å²) in [5, 5.41) is 8.53. The van der Waals surface area contributed by atoms with Crippen molar-refractivity contribution in [2.24, 2.45) is 0 Å². The summed E-state index contributed by atoms with van der Waals surface area (Å²) in [4.78, 5) is 39.3. The first-order chi connectivity index (χ1) is 14.8. The van der Waals surface area contributed by atoms with E-state index in [1.807, 2.05) is 13.0 Å². The molecule has 4 amide bonds. The maximum absolute atomic E-state index is 12.9. The Morgan fingerprint density at radius 1 is 1.23 bits per heavy atom. The number of ether oxygens (including phenoxy) is 1. The van der Waals surface area contributed by atoms with E-state index in [2.05, 4.69) is 22.9 Å². The number of esters is 1. The maximum atomic E-state index is 12.9. The number of hydrogen-bond acceptors (Lipinski definition) is 4. The molecular weight excluding hydrogens is 396 g/mol. The highest BCUT2D eigenvalue weighted by Gasteiger charge is 2.36. The third kappa shape index (κ3) is 6.47. The van der Waals surface area contributed by atoms with Gasteiger partial charge in [0.25, 0.3) is 0 Å². The van der Waals surface area contributed by atoms with Crippen LogP contribution in [0.3, 0.4) is 0 Å². The second kappa shape index (κ2) is 11.4. The molecule has 0 bridgehead atoms. The highest BCUT2D eigenvalue weighted by atomic mass is 16.5. The molecule has 8 nitrogen and oxygen atoms in total. The number of hydrogen-bond donors (Lipinski definition) is 3. The summed E-state index contributed by atoms with van der Waals surface area (Å²) < 4.78 is 5.47. The molecule has 1 aliphatic rings. The number of carbonyl (C=O) groups excluding carboxylic acids is 3. The van der Waals surface area contributed by atoms with Crippen molar-refractivity contribution in [3.05, 3.63) is 41.1 Å². The Hall–Kier alpha value is -3.03. The Morgan fingerprint density at radius 3 is 2.61 bits per heavy atom. The molecule has 2 rings (SSSR count). The van der Waals surface area contributed by atoms with Crippen molar-refractivity contribution in [3.8, 4) is 0 Å². The molecule has 0 spiro atoms. The minimum Gasteiger partial charge on any atom is -0.459 e. The van der Waals surface area contributed by atoms with Crippen molar-refractivity contribution in [1.82, 2.24) is 15.5 Å². The van der Waals surface area contributed by atoms with Crippen LogP contribution in [0.5, 0.6) is 0 Å². The van der Waals surface area contributed by atoms with E-state index in [4.69, 9.17) is 4.74 Å². The summed E-state index contributed by atoms with van der Waals surface area (Å²) in [7, 11) is 0. The molecule has 0 radical (unpaired) electrons. The normalized spacial score (nSPS) is 16.3. The quantitative estimate of drug-likeness (QED) is 0.401. The first-order valence-electron chi connectivity index (χ1n) is 10.9. The fourth-order valence-corrected chi connectivity index (χ4v) is 3.42. The molecule has 0 aromatic heterocycles. The third-order valence-corrected chi connectivity index (χ3v) is 4.90. The van der Waals surface area contributed by atoms with Crippen molar-refractivity contribution >= 4 is 23.7 Å². The first kappa shape index (κ1) is 24.2. The number of carbonyl (C=O) groups is 3. The molecule has 1 aliphatic heterocycles. The Balaban J connectivity index is 2.34. The molecule has 3 N–H and O–H groups in total. The van der Waals surface area contributed by atoms with Crippen molar-refractivity contribution in [2.45, 2.75) is 66.0 Å². The van der Waals surface area contributed by atoms with E-state index < -0.39 is 12.0 Å². The zero-order valence-corrected chi connectivity index (χ0v) is 19.1. The second-order valence-corrected chi connectivity index (χ2v) is 7.85. The van der Waals surface area contributed by atoms with Crippen LogP contribution in [-0.2, 0) is 9.53 Å². The number of nitrogens with zero attached hydrogens (tertiary/aromatic N) is 1. The van der Waals surface area contributed by atoms with Gasteiger partial charge >= 0.3 is 18.0 Å². The average molecular weight is 431 g/mol. The van der Waals surface area contributed by atoms with E-state index in [9.17, 15) is 14.4 Å². The standard InChI is InChI=1S/C23H34N4O4/c1-6-8-12-24-22(29)25-18-11-9-10-17(14-18)20-19(21(28)31-15(3)4)16(5)27(13-7-2)23(30)26-20/h9-11,14-15,20H,6-8,12-13H2,1-5H3,(H,26,30)(H2,24,25,29). The van der Waals surface area contributed by atoms with Gasteiger partial charge in [-0.15, -0.1) is 0 Å². The molecule has 0 aliphatic carbocycles. The lowest BCUT2D eigenvalue weighted by molar-refractivity contribution is -0.143. The zero-order valence-electron chi connectivity index (χ0n) is 19.1. The van der Waals surface area contributed by atoms with Gasteiger partial charge in [-0.3, -0.25) is 4.90 Å². The minimum absolute atomic E-state index is 0.263. The van der Waals surface area contributed by atoms with Gasteiger partial charge in [-0.2, -0.15) is 0 Å². The molecule has 0 saturated carbocycles. The van der Waals surface area contributed by atoms with E-state index in [1.54, 1.807) is 43.9 Å². The SMILES string of the molecule is CCCCNC(=O)Nc1cccc(C2NC(=O)N(CCC)C(C)=C2C(=O)OC(C)C)c1. The van der Waals surface area contributed by atoms with Crippen LogP contribution in [0, 0.1) is 0 Å². The zero-order chi connectivity index (χ0) is 23.0. The number of allylic oxidation sites excluding steroid dienone is 1. The summed E-state index contributed by atoms with van der Waals surface area (Å²) in [5.74, 6) is -0.464. The number of benzene rings is 1. The average Bonchev–Trinajstić information content (AvgIpc) is 2.70. The predicted molar refractivity (Wildman–Crippen MR) is 121 cm³/mol. The van der Waals surface area contributed by atoms with Crippen molar-refractivity contribution < 1.29 is 19.1 Å². The van der Waals surface area contributed by atoms with Gasteiger partial charge in [-0.05, 0) is 51.3 Å². The van der Waals surface area contributed by atoms with E-state index in [0.29, 0.717) is 35.6 Å². The Bertz CT molecular complexity index is 835. The van der Waals surface area contributed by atoms with Gasteiger partial charge in [0.15, 0.2) is 0 Å². The first-order valence-corrected chi connectivity index (χ1v) is 10.9. The molecule has 0 saturated heterocycles. The predicted octanol–water partition coefficient (Wildman–Crippen LogP) is 4.31. The lowest BCUT2D eigenvalue weighted by Gasteiger charge is -2.35. The monoisotopic (exact) mass is 430 g/mol. The minimum atomic E-state index is -0.670. The highest BCUT2D eigenvalue weighted by Crippen LogP contribution is 2.32. The van der Waals surface area contributed by atoms with Crippen LogP contribution in [-0.4, -0.2) is 42.1 Å². The fourth-order valence-electron chi connectivity index (χ4n) is 3.42. The number of nitrogens with one attached hydrogen (secondary N) is 3. The summed E-state index contributed by atoms with van der Waals surface area (Å²) in [5.41, 5.74) is 2.24. The van der Waals surface area contributed by atoms with Crippen LogP contribution < -0.4 is 16.0 Å². The molecule has 1 aromatic rings. The van der Waals surface area contributed by atoms with Crippen LogP contribution in [0.15, 0.2) is 35.5 Å². The van der Waals surface area contributed by atoms with Gasteiger partial charge in [0.2, 0.25) is 0 Å². The smallest absolute Gasteiger partial charge is 0.338 e. The number of rotatable bonds is 9. The van der Waals surface area contributed by atoms with Crippen LogP contribution in [0.25, 0.3) is 0 Å². The van der Waals surface area contributed by atoms with Gasteiger partial charge in [0.1, 0.15) is 0 Å². The summed E-state index contributed by atoms with van der Waals surface area (Å²) in [6.07, 6.45) is 2.37. The van der Waals surface area contributed by atoms with Crippen LogP contribution in [0.4, 0.5) is 15.3 Å². The molecule has 1 heterocycles. The molecule has 1 aromatic carbocycles. The van der Waals surface area contributed by atoms with E-state index in [1.165, 1.54) is 0 Å². The van der Waals surface area contributed by atoms with Gasteiger partial charge in [-0.1, -0.05) is 32.4 Å². The summed E-state index contributed by atoms with van der Waals surface area (Å²) >= 11 is 0.